The fraction of sp³-hybridized carbons (Fsp3) is 0.111. The van der Waals surface area contributed by atoms with E-state index in [0.717, 1.165) is 16.7 Å². The van der Waals surface area contributed by atoms with Crippen LogP contribution in [0.2, 0.25) is 0 Å². The van der Waals surface area contributed by atoms with Crippen molar-refractivity contribution in [1.82, 2.24) is 5.32 Å². The number of ether oxygens (including phenoxy) is 1. The molecule has 3 aromatic rings. The molecule has 0 aliphatic heterocycles. The van der Waals surface area contributed by atoms with Crippen LogP contribution in [0.3, 0.4) is 0 Å². The Kier molecular flexibility index (Phi) is 4.47. The van der Waals surface area contributed by atoms with Gasteiger partial charge in [-0.3, -0.25) is 0 Å². The minimum absolute atomic E-state index is 0.317. The molecule has 0 aliphatic carbocycles. The van der Waals surface area contributed by atoms with Crippen LogP contribution in [0.25, 0.3) is 11.0 Å². The highest BCUT2D eigenvalue weighted by Crippen LogP contribution is 2.17. The lowest BCUT2D eigenvalue weighted by atomic mass is 10.2. The van der Waals surface area contributed by atoms with E-state index in [1.165, 1.54) is 6.07 Å². The summed E-state index contributed by atoms with van der Waals surface area (Å²) >= 11 is 0. The number of hydrogen-bond donors (Lipinski definition) is 2. The van der Waals surface area contributed by atoms with Crippen molar-refractivity contribution in [3.8, 4) is 5.75 Å². The van der Waals surface area contributed by atoms with Gasteiger partial charge in [-0.15, -0.1) is 0 Å². The maximum Gasteiger partial charge on any atom is 0.336 e. The van der Waals surface area contributed by atoms with E-state index < -0.39 is 5.63 Å². The van der Waals surface area contributed by atoms with E-state index in [1.54, 1.807) is 31.4 Å². The summed E-state index contributed by atoms with van der Waals surface area (Å²) in [5.41, 5.74) is 1.65. The lowest BCUT2D eigenvalue weighted by molar-refractivity contribution is 0.251. The van der Waals surface area contributed by atoms with Gasteiger partial charge in [-0.1, -0.05) is 12.1 Å². The van der Waals surface area contributed by atoms with Gasteiger partial charge < -0.3 is 19.8 Å². The van der Waals surface area contributed by atoms with Crippen LogP contribution >= 0.6 is 0 Å². The van der Waals surface area contributed by atoms with E-state index in [4.69, 9.17) is 9.15 Å². The zero-order valence-electron chi connectivity index (χ0n) is 13.0. The van der Waals surface area contributed by atoms with E-state index in [9.17, 15) is 9.59 Å². The third-order valence-electron chi connectivity index (χ3n) is 3.49. The van der Waals surface area contributed by atoms with Gasteiger partial charge in [0.25, 0.3) is 0 Å². The Morgan fingerprint density at radius 3 is 2.62 bits per heavy atom. The highest BCUT2D eigenvalue weighted by atomic mass is 16.5. The van der Waals surface area contributed by atoms with Crippen molar-refractivity contribution in [2.45, 2.75) is 6.54 Å². The van der Waals surface area contributed by atoms with Crippen LogP contribution in [-0.2, 0) is 6.54 Å². The van der Waals surface area contributed by atoms with Crippen LogP contribution < -0.4 is 21.0 Å². The van der Waals surface area contributed by atoms with Gasteiger partial charge in [0.05, 0.1) is 7.11 Å². The number of benzene rings is 2. The van der Waals surface area contributed by atoms with Gasteiger partial charge in [-0.25, -0.2) is 9.59 Å². The van der Waals surface area contributed by atoms with Gasteiger partial charge in [0.1, 0.15) is 11.3 Å². The highest BCUT2D eigenvalue weighted by molar-refractivity contribution is 5.92. The summed E-state index contributed by atoms with van der Waals surface area (Å²) in [6, 6.07) is 15.2. The molecular weight excluding hydrogens is 308 g/mol. The van der Waals surface area contributed by atoms with E-state index in [0.29, 0.717) is 17.8 Å². The maximum absolute atomic E-state index is 12.0. The Labute approximate surface area is 138 Å². The molecule has 0 aliphatic rings. The van der Waals surface area contributed by atoms with Crippen LogP contribution in [0.5, 0.6) is 5.75 Å². The smallest absolute Gasteiger partial charge is 0.336 e. The Morgan fingerprint density at radius 2 is 1.88 bits per heavy atom. The third kappa shape index (κ3) is 3.73. The molecule has 2 amide bonds. The first kappa shape index (κ1) is 15.6. The quantitative estimate of drug-likeness (QED) is 0.723. The molecule has 24 heavy (non-hydrogen) atoms. The lowest BCUT2D eigenvalue weighted by Crippen LogP contribution is -2.28. The van der Waals surface area contributed by atoms with E-state index in [2.05, 4.69) is 10.6 Å². The molecule has 0 saturated carbocycles. The zero-order chi connectivity index (χ0) is 16.9. The second kappa shape index (κ2) is 6.87. The number of fused-ring (bicyclic) bond motifs is 1. The predicted molar refractivity (Wildman–Crippen MR) is 91.3 cm³/mol. The summed E-state index contributed by atoms with van der Waals surface area (Å²) in [5, 5.41) is 6.26. The molecule has 3 rings (SSSR count). The van der Waals surface area contributed by atoms with Gasteiger partial charge in [-0.05, 0) is 42.0 Å². The summed E-state index contributed by atoms with van der Waals surface area (Å²) in [5.74, 6) is 0.769. The Balaban J connectivity index is 1.61. The SMILES string of the molecule is COc1ccc(CNC(=O)Nc2ccc3oc(=O)ccc3c2)cc1. The van der Waals surface area contributed by atoms with Crippen molar-refractivity contribution < 1.29 is 13.9 Å². The first-order chi connectivity index (χ1) is 11.6. The monoisotopic (exact) mass is 324 g/mol. The maximum atomic E-state index is 12.0. The van der Waals surface area contributed by atoms with Crippen molar-refractivity contribution in [2.75, 3.05) is 12.4 Å². The van der Waals surface area contributed by atoms with Crippen LogP contribution in [0, 0.1) is 0 Å². The summed E-state index contributed by atoms with van der Waals surface area (Å²) in [4.78, 5) is 23.1. The molecule has 2 aromatic carbocycles. The normalized spacial score (nSPS) is 10.4. The summed E-state index contributed by atoms with van der Waals surface area (Å²) in [6.07, 6.45) is 0. The Morgan fingerprint density at radius 1 is 1.08 bits per heavy atom. The number of rotatable bonds is 4. The molecule has 6 heteroatoms. The summed E-state index contributed by atoms with van der Waals surface area (Å²) < 4.78 is 10.1. The number of carbonyl (C=O) groups is 1. The first-order valence-electron chi connectivity index (χ1n) is 7.36. The van der Waals surface area contributed by atoms with Gasteiger partial charge in [0, 0.05) is 23.7 Å². The average Bonchev–Trinajstić information content (AvgIpc) is 2.60. The summed E-state index contributed by atoms with van der Waals surface area (Å²) in [7, 11) is 1.61. The molecule has 0 unspecified atom stereocenters. The van der Waals surface area contributed by atoms with Crippen LogP contribution in [-0.4, -0.2) is 13.1 Å². The second-order valence-electron chi connectivity index (χ2n) is 5.16. The summed E-state index contributed by atoms with van der Waals surface area (Å²) in [6.45, 7) is 0.401. The zero-order valence-corrected chi connectivity index (χ0v) is 13.0. The molecule has 2 N–H and O–H groups in total. The second-order valence-corrected chi connectivity index (χ2v) is 5.16. The number of urea groups is 1. The minimum Gasteiger partial charge on any atom is -0.497 e. The molecule has 0 bridgehead atoms. The van der Waals surface area contributed by atoms with E-state index in [1.807, 2.05) is 24.3 Å². The largest absolute Gasteiger partial charge is 0.497 e. The van der Waals surface area contributed by atoms with Gasteiger partial charge >= 0.3 is 11.7 Å². The Hall–Kier alpha value is -3.28. The standard InChI is InChI=1S/C18H16N2O4/c1-23-15-6-2-12(3-7-15)11-19-18(22)20-14-5-8-16-13(10-14)4-9-17(21)24-16/h2-10H,11H2,1H3,(H2,19,20,22). The molecule has 0 radical (unpaired) electrons. The molecule has 0 fully saturated rings. The van der Waals surface area contributed by atoms with Gasteiger partial charge in [0.2, 0.25) is 0 Å². The van der Waals surface area contributed by atoms with Crippen LogP contribution in [0.1, 0.15) is 5.56 Å². The number of carbonyl (C=O) groups excluding carboxylic acids is 1. The van der Waals surface area contributed by atoms with Crippen molar-refractivity contribution >= 4 is 22.7 Å². The van der Waals surface area contributed by atoms with Gasteiger partial charge in [-0.2, -0.15) is 0 Å². The highest BCUT2D eigenvalue weighted by Gasteiger charge is 2.04. The Bertz CT molecular complexity index is 916. The number of methoxy groups -OCH3 is 1. The van der Waals surface area contributed by atoms with E-state index >= 15 is 0 Å². The first-order valence-corrected chi connectivity index (χ1v) is 7.36. The number of amides is 2. The van der Waals surface area contributed by atoms with Crippen molar-refractivity contribution in [2.24, 2.45) is 0 Å². The molecule has 122 valence electrons. The molecule has 0 atom stereocenters. The number of nitrogens with one attached hydrogen (secondary N) is 2. The lowest BCUT2D eigenvalue weighted by Gasteiger charge is -2.09. The molecule has 1 heterocycles. The minimum atomic E-state index is -0.402. The van der Waals surface area contributed by atoms with Gasteiger partial charge in [0.15, 0.2) is 0 Å². The third-order valence-corrected chi connectivity index (χ3v) is 3.49. The van der Waals surface area contributed by atoms with Crippen molar-refractivity contribution in [3.63, 3.8) is 0 Å². The molecular formula is C18H16N2O4. The molecule has 6 nitrogen and oxygen atoms in total. The topological polar surface area (TPSA) is 80.6 Å². The van der Waals surface area contributed by atoms with Crippen LogP contribution in [0.4, 0.5) is 10.5 Å². The molecule has 1 aromatic heterocycles. The predicted octanol–water partition coefficient (Wildman–Crippen LogP) is 3.12. The molecule has 0 spiro atoms. The fourth-order valence-electron chi connectivity index (χ4n) is 2.25. The van der Waals surface area contributed by atoms with Crippen molar-refractivity contribution in [3.05, 3.63) is 70.6 Å². The number of anilines is 1. The van der Waals surface area contributed by atoms with E-state index in [-0.39, 0.29) is 6.03 Å². The average molecular weight is 324 g/mol. The molecule has 0 saturated heterocycles. The van der Waals surface area contributed by atoms with Crippen LogP contribution in [0.15, 0.2) is 63.8 Å². The van der Waals surface area contributed by atoms with Crippen molar-refractivity contribution in [1.29, 1.82) is 0 Å². The number of hydrogen-bond acceptors (Lipinski definition) is 4. The fourth-order valence-corrected chi connectivity index (χ4v) is 2.25.